The van der Waals surface area contributed by atoms with Gasteiger partial charge in [-0.1, -0.05) is 20.8 Å². The van der Waals surface area contributed by atoms with Gasteiger partial charge in [-0.15, -0.1) is 0 Å². The van der Waals surface area contributed by atoms with Crippen LogP contribution in [0.3, 0.4) is 0 Å². The number of likely N-dealkylation sites (N-methyl/N-ethyl adjacent to an activating group) is 1. The van der Waals surface area contributed by atoms with Gasteiger partial charge in [-0.25, -0.2) is 0 Å². The minimum absolute atomic E-state index is 0.112. The van der Waals surface area contributed by atoms with Gasteiger partial charge in [-0.2, -0.15) is 0 Å². The first-order chi connectivity index (χ1) is 6.38. The van der Waals surface area contributed by atoms with Crippen molar-refractivity contribution >= 4 is 5.91 Å². The number of amides is 1. The van der Waals surface area contributed by atoms with E-state index < -0.39 is 0 Å². The van der Waals surface area contributed by atoms with E-state index in [1.165, 1.54) is 0 Å². The summed E-state index contributed by atoms with van der Waals surface area (Å²) in [6.07, 6.45) is 0.663. The summed E-state index contributed by atoms with van der Waals surface area (Å²) >= 11 is 0. The van der Waals surface area contributed by atoms with Crippen LogP contribution in [0.15, 0.2) is 0 Å². The molecular formula is C11H22N2O. The Kier molecular flexibility index (Phi) is 3.53. The van der Waals surface area contributed by atoms with Crippen molar-refractivity contribution in [1.82, 2.24) is 9.80 Å². The minimum atomic E-state index is 0.112. The van der Waals surface area contributed by atoms with Crippen LogP contribution in [0.25, 0.3) is 0 Å². The first-order valence-corrected chi connectivity index (χ1v) is 5.35. The highest BCUT2D eigenvalue weighted by Gasteiger charge is 2.23. The zero-order valence-corrected chi connectivity index (χ0v) is 9.84. The van der Waals surface area contributed by atoms with Crippen molar-refractivity contribution in [3.63, 3.8) is 0 Å². The second kappa shape index (κ2) is 4.30. The minimum Gasteiger partial charge on any atom is -0.340 e. The maximum absolute atomic E-state index is 11.8. The van der Waals surface area contributed by atoms with E-state index in [9.17, 15) is 4.79 Å². The molecule has 3 heteroatoms. The molecule has 1 amide bonds. The van der Waals surface area contributed by atoms with E-state index in [0.717, 1.165) is 26.2 Å². The Morgan fingerprint density at radius 1 is 1.14 bits per heavy atom. The summed E-state index contributed by atoms with van der Waals surface area (Å²) in [6, 6.07) is 0. The summed E-state index contributed by atoms with van der Waals surface area (Å²) in [5, 5.41) is 0. The SMILES string of the molecule is CN1CCN(C(=O)CC(C)(C)C)CC1. The Hall–Kier alpha value is -0.570. The van der Waals surface area contributed by atoms with E-state index in [4.69, 9.17) is 0 Å². The zero-order valence-electron chi connectivity index (χ0n) is 9.84. The van der Waals surface area contributed by atoms with E-state index in [1.807, 2.05) is 4.90 Å². The number of piperazine rings is 1. The number of carbonyl (C=O) groups excluding carboxylic acids is 1. The van der Waals surface area contributed by atoms with Crippen molar-refractivity contribution in [2.75, 3.05) is 33.2 Å². The van der Waals surface area contributed by atoms with E-state index >= 15 is 0 Å². The lowest BCUT2D eigenvalue weighted by Gasteiger charge is -2.34. The molecule has 3 nitrogen and oxygen atoms in total. The summed E-state index contributed by atoms with van der Waals surface area (Å²) in [5.74, 6) is 0.311. The average Bonchev–Trinajstić information content (AvgIpc) is 2.02. The van der Waals surface area contributed by atoms with Gasteiger partial charge in [0.05, 0.1) is 0 Å². The van der Waals surface area contributed by atoms with Gasteiger partial charge >= 0.3 is 0 Å². The van der Waals surface area contributed by atoms with E-state index in [2.05, 4.69) is 32.7 Å². The van der Waals surface area contributed by atoms with Crippen LogP contribution in [0.4, 0.5) is 0 Å². The molecule has 1 aliphatic rings. The molecule has 0 atom stereocenters. The van der Waals surface area contributed by atoms with Gasteiger partial charge in [0.1, 0.15) is 0 Å². The van der Waals surface area contributed by atoms with Gasteiger partial charge in [-0.05, 0) is 12.5 Å². The molecule has 0 N–H and O–H groups in total. The number of carbonyl (C=O) groups is 1. The molecule has 1 rings (SSSR count). The monoisotopic (exact) mass is 198 g/mol. The molecule has 1 aliphatic heterocycles. The summed E-state index contributed by atoms with van der Waals surface area (Å²) in [6.45, 7) is 10.1. The molecule has 0 spiro atoms. The molecule has 0 saturated carbocycles. The number of rotatable bonds is 1. The molecule has 1 saturated heterocycles. The topological polar surface area (TPSA) is 23.6 Å². The highest BCUT2D eigenvalue weighted by molar-refractivity contribution is 5.76. The van der Waals surface area contributed by atoms with Crippen molar-refractivity contribution in [3.8, 4) is 0 Å². The summed E-state index contributed by atoms with van der Waals surface area (Å²) in [4.78, 5) is 16.1. The largest absolute Gasteiger partial charge is 0.340 e. The Labute approximate surface area is 87.1 Å². The molecule has 0 aromatic carbocycles. The third-order valence-corrected chi connectivity index (χ3v) is 2.54. The van der Waals surface area contributed by atoms with Crippen molar-refractivity contribution in [3.05, 3.63) is 0 Å². The Balaban J connectivity index is 2.38. The Bertz CT molecular complexity index is 200. The van der Waals surface area contributed by atoms with Crippen molar-refractivity contribution in [2.45, 2.75) is 27.2 Å². The van der Waals surface area contributed by atoms with Gasteiger partial charge in [0, 0.05) is 32.6 Å². The molecule has 1 fully saturated rings. The van der Waals surface area contributed by atoms with E-state index in [0.29, 0.717) is 12.3 Å². The third-order valence-electron chi connectivity index (χ3n) is 2.54. The molecule has 0 unspecified atom stereocenters. The van der Waals surface area contributed by atoms with Gasteiger partial charge < -0.3 is 9.80 Å². The molecule has 0 aliphatic carbocycles. The fourth-order valence-corrected chi connectivity index (χ4v) is 1.62. The lowest BCUT2D eigenvalue weighted by molar-refractivity contribution is -0.134. The molecule has 0 radical (unpaired) electrons. The Morgan fingerprint density at radius 3 is 2.07 bits per heavy atom. The van der Waals surface area contributed by atoms with Gasteiger partial charge in [-0.3, -0.25) is 4.79 Å². The van der Waals surface area contributed by atoms with E-state index in [1.54, 1.807) is 0 Å². The standard InChI is InChI=1S/C11H22N2O/c1-11(2,3)9-10(14)13-7-5-12(4)6-8-13/h5-9H2,1-4H3. The second-order valence-electron chi connectivity index (χ2n) is 5.42. The summed E-state index contributed by atoms with van der Waals surface area (Å²) in [5.41, 5.74) is 0.112. The lowest BCUT2D eigenvalue weighted by Crippen LogP contribution is -2.47. The molecule has 1 heterocycles. The predicted molar refractivity (Wildman–Crippen MR) is 58.1 cm³/mol. The second-order valence-corrected chi connectivity index (χ2v) is 5.42. The predicted octanol–water partition coefficient (Wildman–Crippen LogP) is 1.20. The van der Waals surface area contributed by atoms with E-state index in [-0.39, 0.29) is 5.41 Å². The number of hydrogen-bond acceptors (Lipinski definition) is 2. The molecule has 82 valence electrons. The van der Waals surface area contributed by atoms with Crippen LogP contribution >= 0.6 is 0 Å². The summed E-state index contributed by atoms with van der Waals surface area (Å²) in [7, 11) is 2.10. The van der Waals surface area contributed by atoms with Crippen LogP contribution in [-0.2, 0) is 4.79 Å². The van der Waals surface area contributed by atoms with Crippen LogP contribution in [0, 0.1) is 5.41 Å². The smallest absolute Gasteiger partial charge is 0.223 e. The first-order valence-electron chi connectivity index (χ1n) is 5.35. The molecule has 0 bridgehead atoms. The maximum Gasteiger partial charge on any atom is 0.223 e. The fourth-order valence-electron chi connectivity index (χ4n) is 1.62. The number of nitrogens with zero attached hydrogens (tertiary/aromatic N) is 2. The van der Waals surface area contributed by atoms with Crippen LogP contribution in [-0.4, -0.2) is 48.9 Å². The first kappa shape index (κ1) is 11.5. The zero-order chi connectivity index (χ0) is 10.8. The van der Waals surface area contributed by atoms with Crippen molar-refractivity contribution in [2.24, 2.45) is 5.41 Å². The normalized spacial score (nSPS) is 19.9. The molecule has 0 aromatic heterocycles. The molecule has 14 heavy (non-hydrogen) atoms. The van der Waals surface area contributed by atoms with Gasteiger partial charge in [0.25, 0.3) is 0 Å². The lowest BCUT2D eigenvalue weighted by atomic mass is 9.91. The van der Waals surface area contributed by atoms with Crippen LogP contribution in [0.1, 0.15) is 27.2 Å². The highest BCUT2D eigenvalue weighted by atomic mass is 16.2. The highest BCUT2D eigenvalue weighted by Crippen LogP contribution is 2.20. The Morgan fingerprint density at radius 2 is 1.64 bits per heavy atom. The van der Waals surface area contributed by atoms with Crippen LogP contribution < -0.4 is 0 Å². The van der Waals surface area contributed by atoms with Gasteiger partial charge in [0.15, 0.2) is 0 Å². The quantitative estimate of drug-likeness (QED) is 0.632. The molecule has 0 aromatic rings. The average molecular weight is 198 g/mol. The van der Waals surface area contributed by atoms with Crippen LogP contribution in [0.2, 0.25) is 0 Å². The van der Waals surface area contributed by atoms with Crippen molar-refractivity contribution in [1.29, 1.82) is 0 Å². The summed E-state index contributed by atoms with van der Waals surface area (Å²) < 4.78 is 0. The van der Waals surface area contributed by atoms with Gasteiger partial charge in [0.2, 0.25) is 5.91 Å². The maximum atomic E-state index is 11.8. The third kappa shape index (κ3) is 3.66. The molecular weight excluding hydrogens is 176 g/mol. The van der Waals surface area contributed by atoms with Crippen LogP contribution in [0.5, 0.6) is 0 Å². The fraction of sp³-hybridized carbons (Fsp3) is 0.909. The van der Waals surface area contributed by atoms with Crippen molar-refractivity contribution < 1.29 is 4.79 Å². The number of hydrogen-bond donors (Lipinski definition) is 0.